The molecule has 0 radical (unpaired) electrons. The zero-order valence-electron chi connectivity index (χ0n) is 10.6. The van der Waals surface area contributed by atoms with Crippen molar-refractivity contribution in [3.8, 4) is 0 Å². The Hall–Kier alpha value is -1.83. The summed E-state index contributed by atoms with van der Waals surface area (Å²) in [4.78, 5) is 33.0. The number of carboxylic acids is 2. The molecular weight excluding hydrogens is 323 g/mol. The highest BCUT2D eigenvalue weighted by Gasteiger charge is 2.19. The number of carbonyl (C=O) groups is 3. The molecule has 1 unspecified atom stereocenters. The molecule has 0 aliphatic rings. The topological polar surface area (TPSA) is 130 Å². The smallest absolute Gasteiger partial charge is 0.335 e. The van der Waals surface area contributed by atoms with Crippen LogP contribution in [0.2, 0.25) is 10.0 Å². The van der Waals surface area contributed by atoms with Crippen LogP contribution in [-0.2, 0) is 9.59 Å². The third kappa shape index (κ3) is 4.89. The quantitative estimate of drug-likeness (QED) is 0.627. The fraction of sp³-hybridized carbons (Fsp3) is 0.250. The van der Waals surface area contributed by atoms with Gasteiger partial charge in [-0.1, -0.05) is 23.2 Å². The number of hydrogen-bond acceptors (Lipinski definition) is 4. The van der Waals surface area contributed by atoms with Gasteiger partial charge in [0.25, 0.3) is 0 Å². The maximum Gasteiger partial charge on any atom is 0.335 e. The van der Waals surface area contributed by atoms with E-state index in [0.717, 1.165) is 12.1 Å². The first-order valence-electron chi connectivity index (χ1n) is 5.73. The number of halogens is 2. The first-order valence-corrected chi connectivity index (χ1v) is 6.48. The van der Waals surface area contributed by atoms with Crippen LogP contribution in [0.3, 0.4) is 0 Å². The molecule has 0 spiro atoms. The largest absolute Gasteiger partial charge is 0.481 e. The normalized spacial score (nSPS) is 11.8. The van der Waals surface area contributed by atoms with Gasteiger partial charge in [-0.15, -0.1) is 0 Å². The second kappa shape index (κ2) is 7.26. The van der Waals surface area contributed by atoms with Gasteiger partial charge in [0.1, 0.15) is 0 Å². The van der Waals surface area contributed by atoms with Crippen LogP contribution >= 0.6 is 23.2 Å². The molecule has 7 nitrogen and oxygen atoms in total. The van der Waals surface area contributed by atoms with E-state index in [9.17, 15) is 14.4 Å². The molecule has 0 saturated carbocycles. The van der Waals surface area contributed by atoms with Crippen molar-refractivity contribution >= 4 is 46.7 Å². The van der Waals surface area contributed by atoms with Crippen molar-refractivity contribution < 1.29 is 24.6 Å². The van der Waals surface area contributed by atoms with Crippen LogP contribution in [0.25, 0.3) is 0 Å². The summed E-state index contributed by atoms with van der Waals surface area (Å²) in [5.41, 5.74) is 5.44. The minimum absolute atomic E-state index is 0.0270. The van der Waals surface area contributed by atoms with Crippen LogP contribution in [0, 0.1) is 0 Å². The number of aliphatic carboxylic acids is 1. The molecule has 1 aromatic rings. The van der Waals surface area contributed by atoms with E-state index in [2.05, 4.69) is 5.32 Å². The van der Waals surface area contributed by atoms with Gasteiger partial charge in [0.05, 0.1) is 27.3 Å². The molecule has 21 heavy (non-hydrogen) atoms. The maximum atomic E-state index is 11.8. The lowest BCUT2D eigenvalue weighted by Gasteiger charge is -2.14. The number of hydrogen-bond donors (Lipinski definition) is 4. The van der Waals surface area contributed by atoms with Gasteiger partial charge in [-0.2, -0.15) is 0 Å². The number of carbonyl (C=O) groups excluding carboxylic acids is 1. The molecule has 114 valence electrons. The van der Waals surface area contributed by atoms with Crippen LogP contribution in [0.15, 0.2) is 12.1 Å². The fourth-order valence-corrected chi connectivity index (χ4v) is 2.02. The van der Waals surface area contributed by atoms with E-state index < -0.39 is 23.9 Å². The highest BCUT2D eigenvalue weighted by molar-refractivity contribution is 6.40. The maximum absolute atomic E-state index is 11.8. The highest BCUT2D eigenvalue weighted by atomic mass is 35.5. The first-order chi connectivity index (χ1) is 9.72. The van der Waals surface area contributed by atoms with Gasteiger partial charge in [0.2, 0.25) is 5.91 Å². The molecular formula is C12H12Cl2N2O5. The van der Waals surface area contributed by atoms with Crippen molar-refractivity contribution in [2.24, 2.45) is 5.73 Å². The number of anilines is 1. The Balaban J connectivity index is 2.85. The van der Waals surface area contributed by atoms with Crippen LogP contribution < -0.4 is 11.1 Å². The zero-order valence-corrected chi connectivity index (χ0v) is 12.1. The van der Waals surface area contributed by atoms with E-state index >= 15 is 0 Å². The lowest BCUT2D eigenvalue weighted by molar-refractivity contribution is -0.137. The number of benzene rings is 1. The molecule has 0 heterocycles. The Morgan fingerprint density at radius 2 is 1.71 bits per heavy atom. The van der Waals surface area contributed by atoms with Gasteiger partial charge in [0, 0.05) is 6.42 Å². The van der Waals surface area contributed by atoms with Crippen molar-refractivity contribution in [2.45, 2.75) is 18.9 Å². The average Bonchev–Trinajstić information content (AvgIpc) is 2.39. The van der Waals surface area contributed by atoms with Crippen molar-refractivity contribution in [3.63, 3.8) is 0 Å². The lowest BCUT2D eigenvalue weighted by Crippen LogP contribution is -2.36. The summed E-state index contributed by atoms with van der Waals surface area (Å²) in [6.45, 7) is 0. The molecule has 5 N–H and O–H groups in total. The van der Waals surface area contributed by atoms with Gasteiger partial charge >= 0.3 is 11.9 Å². The Morgan fingerprint density at radius 3 is 2.14 bits per heavy atom. The summed E-state index contributed by atoms with van der Waals surface area (Å²) >= 11 is 11.7. The molecule has 0 bridgehead atoms. The predicted molar refractivity (Wildman–Crippen MR) is 76.9 cm³/mol. The van der Waals surface area contributed by atoms with Crippen LogP contribution in [0.5, 0.6) is 0 Å². The van der Waals surface area contributed by atoms with Crippen molar-refractivity contribution in [1.82, 2.24) is 0 Å². The Kier molecular flexibility index (Phi) is 5.95. The monoisotopic (exact) mass is 334 g/mol. The SMILES string of the molecule is NC(CCC(=O)O)C(=O)Nc1c(Cl)cc(C(=O)O)cc1Cl. The molecule has 9 heteroatoms. The minimum atomic E-state index is -1.21. The van der Waals surface area contributed by atoms with E-state index in [1.165, 1.54) is 0 Å². The van der Waals surface area contributed by atoms with E-state index in [1.54, 1.807) is 0 Å². The number of nitrogens with one attached hydrogen (secondary N) is 1. The first kappa shape index (κ1) is 17.2. The number of nitrogens with two attached hydrogens (primary N) is 1. The number of aromatic carboxylic acids is 1. The molecule has 1 aromatic carbocycles. The Labute approximate surface area is 129 Å². The van der Waals surface area contributed by atoms with Crippen LogP contribution in [0.4, 0.5) is 5.69 Å². The van der Waals surface area contributed by atoms with Crippen LogP contribution in [0.1, 0.15) is 23.2 Å². The van der Waals surface area contributed by atoms with Gasteiger partial charge in [-0.25, -0.2) is 4.79 Å². The molecule has 1 amide bonds. The molecule has 1 rings (SSSR count). The molecule has 0 aliphatic carbocycles. The van der Waals surface area contributed by atoms with E-state index in [-0.39, 0.29) is 34.1 Å². The Bertz CT molecular complexity index is 568. The zero-order chi connectivity index (χ0) is 16.2. The third-order valence-corrected chi connectivity index (χ3v) is 3.14. The average molecular weight is 335 g/mol. The molecule has 0 fully saturated rings. The van der Waals surface area contributed by atoms with Gasteiger partial charge < -0.3 is 21.3 Å². The summed E-state index contributed by atoms with van der Waals surface area (Å²) in [5.74, 6) is -2.95. The third-order valence-electron chi connectivity index (χ3n) is 2.54. The summed E-state index contributed by atoms with van der Waals surface area (Å²) in [5, 5.41) is 19.6. The highest BCUT2D eigenvalue weighted by Crippen LogP contribution is 2.32. The van der Waals surface area contributed by atoms with E-state index in [1.807, 2.05) is 0 Å². The minimum Gasteiger partial charge on any atom is -0.481 e. The molecule has 0 aromatic heterocycles. The second-order valence-corrected chi connectivity index (χ2v) is 4.96. The number of rotatable bonds is 6. The van der Waals surface area contributed by atoms with E-state index in [4.69, 9.17) is 39.1 Å². The Morgan fingerprint density at radius 1 is 1.19 bits per heavy atom. The summed E-state index contributed by atoms with van der Waals surface area (Å²) in [6, 6.07) is 1.22. The van der Waals surface area contributed by atoms with Crippen molar-refractivity contribution in [1.29, 1.82) is 0 Å². The summed E-state index contributed by atoms with van der Waals surface area (Å²) in [6.07, 6.45) is -0.308. The number of carboxylic acid groups (broad SMARTS) is 2. The summed E-state index contributed by atoms with van der Waals surface area (Å²) < 4.78 is 0. The predicted octanol–water partition coefficient (Wildman–Crippen LogP) is 1.82. The molecule has 1 atom stereocenters. The fourth-order valence-electron chi connectivity index (χ4n) is 1.44. The van der Waals surface area contributed by atoms with Gasteiger partial charge in [-0.05, 0) is 18.6 Å². The van der Waals surface area contributed by atoms with Crippen molar-refractivity contribution in [3.05, 3.63) is 27.7 Å². The van der Waals surface area contributed by atoms with E-state index in [0.29, 0.717) is 0 Å². The molecule has 0 aliphatic heterocycles. The van der Waals surface area contributed by atoms with Gasteiger partial charge in [0.15, 0.2) is 0 Å². The standard InChI is InChI=1S/C12H12Cl2N2O5/c13-6-3-5(12(20)21)4-7(14)10(6)16-11(19)8(15)1-2-9(17)18/h3-4,8H,1-2,15H2,(H,16,19)(H,17,18)(H,20,21). The van der Waals surface area contributed by atoms with Crippen molar-refractivity contribution in [2.75, 3.05) is 5.32 Å². The molecule has 0 saturated heterocycles. The summed E-state index contributed by atoms with van der Waals surface area (Å²) in [7, 11) is 0. The second-order valence-electron chi connectivity index (χ2n) is 4.15. The lowest BCUT2D eigenvalue weighted by atomic mass is 10.1. The van der Waals surface area contributed by atoms with Crippen LogP contribution in [-0.4, -0.2) is 34.1 Å². The van der Waals surface area contributed by atoms with Gasteiger partial charge in [-0.3, -0.25) is 9.59 Å². The number of amides is 1.